The van der Waals surface area contributed by atoms with Crippen LogP contribution in [-0.4, -0.2) is 16.0 Å². The van der Waals surface area contributed by atoms with Crippen LogP contribution >= 0.6 is 0 Å². The molecule has 3 rings (SSSR count). The predicted molar refractivity (Wildman–Crippen MR) is 91.4 cm³/mol. The maximum atomic E-state index is 13.3. The molecule has 1 aromatic heterocycles. The molecule has 0 aliphatic rings. The van der Waals surface area contributed by atoms with Crippen molar-refractivity contribution >= 4 is 5.91 Å². The van der Waals surface area contributed by atoms with Crippen molar-refractivity contribution in [3.63, 3.8) is 0 Å². The second-order valence-corrected chi connectivity index (χ2v) is 5.70. The van der Waals surface area contributed by atoms with E-state index < -0.39 is 0 Å². The molecule has 0 spiro atoms. The first-order chi connectivity index (χ1) is 12.1. The number of amides is 1. The first-order valence-corrected chi connectivity index (χ1v) is 8.04. The van der Waals surface area contributed by atoms with Crippen LogP contribution in [0.3, 0.4) is 0 Å². The standard InChI is InChI=1S/C19H18FN3O2/c1-3-17(19-21-12(2)23-25-19)22-18(24)14-9-7-13(8-10-14)15-5-4-6-16(20)11-15/h4-11,17H,3H2,1-2H3,(H,22,24)/t17-/m1/s1. The zero-order chi connectivity index (χ0) is 17.8. The summed E-state index contributed by atoms with van der Waals surface area (Å²) in [6, 6.07) is 13.0. The Hall–Kier alpha value is -3.02. The number of aryl methyl sites for hydroxylation is 1. The van der Waals surface area contributed by atoms with E-state index >= 15 is 0 Å². The lowest BCUT2D eigenvalue weighted by atomic mass is 10.0. The van der Waals surface area contributed by atoms with Gasteiger partial charge in [-0.1, -0.05) is 36.3 Å². The number of hydrogen-bond acceptors (Lipinski definition) is 4. The monoisotopic (exact) mass is 339 g/mol. The van der Waals surface area contributed by atoms with Gasteiger partial charge in [0.2, 0.25) is 5.89 Å². The molecule has 0 saturated carbocycles. The lowest BCUT2D eigenvalue weighted by Gasteiger charge is -2.13. The molecule has 1 heterocycles. The van der Waals surface area contributed by atoms with Crippen LogP contribution in [0.25, 0.3) is 11.1 Å². The normalized spacial score (nSPS) is 12.0. The Morgan fingerprint density at radius 1 is 1.20 bits per heavy atom. The molecule has 5 nitrogen and oxygen atoms in total. The lowest BCUT2D eigenvalue weighted by molar-refractivity contribution is 0.0927. The molecule has 25 heavy (non-hydrogen) atoms. The van der Waals surface area contributed by atoms with Crippen LogP contribution in [-0.2, 0) is 0 Å². The van der Waals surface area contributed by atoms with Gasteiger partial charge < -0.3 is 9.84 Å². The molecular weight excluding hydrogens is 321 g/mol. The van der Waals surface area contributed by atoms with Crippen LogP contribution < -0.4 is 5.32 Å². The highest BCUT2D eigenvalue weighted by Gasteiger charge is 2.19. The maximum Gasteiger partial charge on any atom is 0.251 e. The summed E-state index contributed by atoms with van der Waals surface area (Å²) in [7, 11) is 0. The number of hydrogen-bond donors (Lipinski definition) is 1. The van der Waals surface area contributed by atoms with E-state index in [9.17, 15) is 9.18 Å². The highest BCUT2D eigenvalue weighted by atomic mass is 19.1. The molecule has 3 aromatic rings. The average molecular weight is 339 g/mol. The summed E-state index contributed by atoms with van der Waals surface area (Å²) in [5.74, 6) is 0.403. The van der Waals surface area contributed by atoms with Crippen LogP contribution in [0.4, 0.5) is 4.39 Å². The van der Waals surface area contributed by atoms with Gasteiger partial charge >= 0.3 is 0 Å². The molecule has 1 atom stereocenters. The van der Waals surface area contributed by atoms with Gasteiger partial charge in [-0.3, -0.25) is 4.79 Å². The highest BCUT2D eigenvalue weighted by molar-refractivity contribution is 5.94. The SMILES string of the molecule is CC[C@@H](NC(=O)c1ccc(-c2cccc(F)c2)cc1)c1nc(C)no1. The number of nitrogens with zero attached hydrogens (tertiary/aromatic N) is 2. The number of halogens is 1. The van der Waals surface area contributed by atoms with E-state index in [1.54, 1.807) is 37.3 Å². The van der Waals surface area contributed by atoms with Crippen LogP contribution in [0, 0.1) is 12.7 Å². The van der Waals surface area contributed by atoms with Crippen molar-refractivity contribution < 1.29 is 13.7 Å². The third kappa shape index (κ3) is 3.91. The predicted octanol–water partition coefficient (Wildman–Crippen LogP) is 4.07. The van der Waals surface area contributed by atoms with Gasteiger partial charge in [0.25, 0.3) is 5.91 Å². The Morgan fingerprint density at radius 2 is 1.96 bits per heavy atom. The highest BCUT2D eigenvalue weighted by Crippen LogP contribution is 2.21. The molecule has 128 valence electrons. The Morgan fingerprint density at radius 3 is 2.56 bits per heavy atom. The Balaban J connectivity index is 1.74. The lowest BCUT2D eigenvalue weighted by Crippen LogP contribution is -2.28. The van der Waals surface area contributed by atoms with Crippen molar-refractivity contribution in [2.24, 2.45) is 0 Å². The molecule has 1 N–H and O–H groups in total. The van der Waals surface area contributed by atoms with Crippen molar-refractivity contribution in [1.29, 1.82) is 0 Å². The van der Waals surface area contributed by atoms with Crippen LogP contribution in [0.5, 0.6) is 0 Å². The van der Waals surface area contributed by atoms with Gasteiger partial charge in [0.15, 0.2) is 5.82 Å². The van der Waals surface area contributed by atoms with Crippen molar-refractivity contribution in [3.8, 4) is 11.1 Å². The molecule has 0 saturated heterocycles. The smallest absolute Gasteiger partial charge is 0.251 e. The fourth-order valence-corrected chi connectivity index (χ4v) is 2.52. The Labute approximate surface area is 144 Å². The zero-order valence-electron chi connectivity index (χ0n) is 14.0. The number of benzene rings is 2. The van der Waals surface area contributed by atoms with E-state index in [-0.39, 0.29) is 17.8 Å². The van der Waals surface area contributed by atoms with Gasteiger partial charge in [-0.25, -0.2) is 4.39 Å². The first kappa shape index (κ1) is 16.8. The minimum absolute atomic E-state index is 0.228. The van der Waals surface area contributed by atoms with Gasteiger partial charge in [-0.15, -0.1) is 0 Å². The number of carbonyl (C=O) groups excluding carboxylic acids is 1. The van der Waals surface area contributed by atoms with Crippen molar-refractivity contribution in [3.05, 3.63) is 71.6 Å². The van der Waals surface area contributed by atoms with Gasteiger partial charge in [0.05, 0.1) is 0 Å². The van der Waals surface area contributed by atoms with E-state index in [1.165, 1.54) is 12.1 Å². The van der Waals surface area contributed by atoms with Crippen LogP contribution in [0.15, 0.2) is 53.1 Å². The molecule has 2 aromatic carbocycles. The summed E-state index contributed by atoms with van der Waals surface area (Å²) < 4.78 is 18.5. The fraction of sp³-hybridized carbons (Fsp3) is 0.211. The molecule has 0 fully saturated rings. The third-order valence-corrected chi connectivity index (χ3v) is 3.86. The van der Waals surface area contributed by atoms with Gasteiger partial charge in [-0.2, -0.15) is 4.98 Å². The van der Waals surface area contributed by atoms with E-state index in [0.29, 0.717) is 23.7 Å². The largest absolute Gasteiger partial charge is 0.340 e. The van der Waals surface area contributed by atoms with Crippen LogP contribution in [0.2, 0.25) is 0 Å². The maximum absolute atomic E-state index is 13.3. The number of aromatic nitrogens is 2. The molecule has 0 aliphatic carbocycles. The summed E-state index contributed by atoms with van der Waals surface area (Å²) in [4.78, 5) is 16.6. The van der Waals surface area contributed by atoms with E-state index in [1.807, 2.05) is 13.0 Å². The van der Waals surface area contributed by atoms with E-state index in [0.717, 1.165) is 11.1 Å². The first-order valence-electron chi connectivity index (χ1n) is 8.04. The molecule has 0 bridgehead atoms. The summed E-state index contributed by atoms with van der Waals surface area (Å²) in [5.41, 5.74) is 2.12. The number of rotatable bonds is 5. The van der Waals surface area contributed by atoms with Gasteiger partial charge in [0.1, 0.15) is 11.9 Å². The topological polar surface area (TPSA) is 68.0 Å². The van der Waals surface area contributed by atoms with Crippen molar-refractivity contribution in [2.45, 2.75) is 26.3 Å². The molecule has 0 unspecified atom stereocenters. The average Bonchev–Trinajstić information content (AvgIpc) is 3.06. The van der Waals surface area contributed by atoms with E-state index in [4.69, 9.17) is 4.52 Å². The molecule has 6 heteroatoms. The second kappa shape index (κ2) is 7.25. The number of carbonyl (C=O) groups is 1. The number of nitrogens with one attached hydrogen (secondary N) is 1. The van der Waals surface area contributed by atoms with Gasteiger partial charge in [-0.05, 0) is 48.7 Å². The summed E-state index contributed by atoms with van der Waals surface area (Å²) in [6.07, 6.45) is 0.634. The fourth-order valence-electron chi connectivity index (χ4n) is 2.52. The summed E-state index contributed by atoms with van der Waals surface area (Å²) in [6.45, 7) is 3.66. The summed E-state index contributed by atoms with van der Waals surface area (Å²) >= 11 is 0. The Kier molecular flexibility index (Phi) is 4.88. The van der Waals surface area contributed by atoms with E-state index in [2.05, 4.69) is 15.5 Å². The molecule has 0 radical (unpaired) electrons. The molecule has 1 amide bonds. The molecule has 0 aliphatic heterocycles. The minimum Gasteiger partial charge on any atom is -0.340 e. The quantitative estimate of drug-likeness (QED) is 0.761. The second-order valence-electron chi connectivity index (χ2n) is 5.70. The molecular formula is C19H18FN3O2. The van der Waals surface area contributed by atoms with Crippen LogP contribution in [0.1, 0.15) is 41.5 Å². The zero-order valence-corrected chi connectivity index (χ0v) is 14.0. The van der Waals surface area contributed by atoms with Crippen molar-refractivity contribution in [1.82, 2.24) is 15.5 Å². The third-order valence-electron chi connectivity index (χ3n) is 3.86. The van der Waals surface area contributed by atoms with Gasteiger partial charge in [0, 0.05) is 5.56 Å². The van der Waals surface area contributed by atoms with Crippen molar-refractivity contribution in [2.75, 3.05) is 0 Å². The summed E-state index contributed by atoms with van der Waals surface area (Å²) in [5, 5.41) is 6.64. The Bertz CT molecular complexity index is 874. The minimum atomic E-state index is -0.336.